The molecule has 0 heterocycles. The molecule has 3 heteroatoms. The minimum atomic E-state index is -0.333. The summed E-state index contributed by atoms with van der Waals surface area (Å²) in [6, 6.07) is 20.9. The van der Waals surface area contributed by atoms with Crippen molar-refractivity contribution in [1.82, 2.24) is 0 Å². The van der Waals surface area contributed by atoms with Gasteiger partial charge in [0.1, 0.15) is 5.75 Å². The van der Waals surface area contributed by atoms with E-state index in [1.54, 1.807) is 6.07 Å². The highest BCUT2D eigenvalue weighted by Gasteiger charge is 2.10. The molecule has 20 heavy (non-hydrogen) atoms. The van der Waals surface area contributed by atoms with E-state index in [9.17, 15) is 4.79 Å². The molecule has 0 spiro atoms. The third kappa shape index (κ3) is 2.67. The molecule has 0 N–H and O–H groups in total. The molecule has 0 aliphatic rings. The van der Waals surface area contributed by atoms with Crippen molar-refractivity contribution in [2.24, 2.45) is 0 Å². The van der Waals surface area contributed by atoms with E-state index in [0.717, 1.165) is 14.3 Å². The fourth-order valence-electron chi connectivity index (χ4n) is 2.06. The zero-order valence-electron chi connectivity index (χ0n) is 10.5. The molecule has 3 aromatic carbocycles. The van der Waals surface area contributed by atoms with Gasteiger partial charge in [-0.1, -0.05) is 42.5 Å². The molecule has 3 aromatic rings. The summed E-state index contributed by atoms with van der Waals surface area (Å²) in [6.45, 7) is 0. The second kappa shape index (κ2) is 5.63. The minimum absolute atomic E-state index is 0.333. The average molecular weight is 374 g/mol. The molecule has 0 radical (unpaired) electrons. The van der Waals surface area contributed by atoms with Gasteiger partial charge in [-0.3, -0.25) is 0 Å². The number of halogens is 1. The molecular weight excluding hydrogens is 363 g/mol. The Morgan fingerprint density at radius 2 is 1.65 bits per heavy atom. The maximum atomic E-state index is 12.2. The number of esters is 1. The van der Waals surface area contributed by atoms with Gasteiger partial charge in [0.2, 0.25) is 0 Å². The van der Waals surface area contributed by atoms with Crippen molar-refractivity contribution in [1.29, 1.82) is 0 Å². The number of benzene rings is 3. The van der Waals surface area contributed by atoms with Gasteiger partial charge in [0.05, 0.1) is 5.56 Å². The number of carbonyl (C=O) groups excluding carboxylic acids is 1. The lowest BCUT2D eigenvalue weighted by Crippen LogP contribution is -2.08. The number of fused-ring (bicyclic) bond motifs is 1. The fraction of sp³-hybridized carbons (Fsp3) is 0. The molecule has 0 amide bonds. The van der Waals surface area contributed by atoms with E-state index in [2.05, 4.69) is 22.6 Å². The predicted octanol–water partition coefficient (Wildman–Crippen LogP) is 4.66. The van der Waals surface area contributed by atoms with Crippen LogP contribution in [0, 0.1) is 3.57 Å². The van der Waals surface area contributed by atoms with Crippen LogP contribution in [0.5, 0.6) is 5.75 Å². The van der Waals surface area contributed by atoms with Gasteiger partial charge < -0.3 is 4.74 Å². The first-order chi connectivity index (χ1) is 9.74. The molecule has 0 aliphatic carbocycles. The van der Waals surface area contributed by atoms with Crippen LogP contribution in [-0.2, 0) is 0 Å². The van der Waals surface area contributed by atoms with Gasteiger partial charge in [-0.25, -0.2) is 4.79 Å². The van der Waals surface area contributed by atoms with Crippen molar-refractivity contribution in [3.8, 4) is 5.75 Å². The number of hydrogen-bond donors (Lipinski definition) is 0. The summed E-state index contributed by atoms with van der Waals surface area (Å²) in [7, 11) is 0. The van der Waals surface area contributed by atoms with Crippen LogP contribution in [0.2, 0.25) is 0 Å². The van der Waals surface area contributed by atoms with E-state index < -0.39 is 0 Å². The molecule has 98 valence electrons. The minimum Gasteiger partial charge on any atom is -0.422 e. The molecule has 2 nitrogen and oxygen atoms in total. The van der Waals surface area contributed by atoms with Crippen molar-refractivity contribution >= 4 is 39.3 Å². The van der Waals surface area contributed by atoms with Crippen LogP contribution < -0.4 is 4.74 Å². The van der Waals surface area contributed by atoms with Crippen molar-refractivity contribution in [3.05, 3.63) is 75.9 Å². The lowest BCUT2D eigenvalue weighted by molar-refractivity contribution is 0.0737. The third-order valence-corrected chi connectivity index (χ3v) is 3.68. The van der Waals surface area contributed by atoms with E-state index in [4.69, 9.17) is 4.74 Å². The molecule has 3 rings (SSSR count). The van der Waals surface area contributed by atoms with E-state index >= 15 is 0 Å². The molecular formula is C17H11IO2. The number of hydrogen-bond acceptors (Lipinski definition) is 2. The van der Waals surface area contributed by atoms with Crippen molar-refractivity contribution in [3.63, 3.8) is 0 Å². The van der Waals surface area contributed by atoms with Gasteiger partial charge in [0.15, 0.2) is 0 Å². The van der Waals surface area contributed by atoms with Crippen LogP contribution >= 0.6 is 22.6 Å². The maximum Gasteiger partial charge on any atom is 0.343 e. The molecule has 0 fully saturated rings. The Morgan fingerprint density at radius 1 is 0.900 bits per heavy atom. The Morgan fingerprint density at radius 3 is 2.50 bits per heavy atom. The molecule has 0 bridgehead atoms. The fourth-order valence-corrected chi connectivity index (χ4v) is 2.60. The lowest BCUT2D eigenvalue weighted by Gasteiger charge is -2.07. The number of rotatable bonds is 2. The first-order valence-electron chi connectivity index (χ1n) is 6.19. The van der Waals surface area contributed by atoms with Crippen LogP contribution in [0.1, 0.15) is 10.4 Å². The zero-order valence-corrected chi connectivity index (χ0v) is 12.7. The monoisotopic (exact) mass is 374 g/mol. The van der Waals surface area contributed by atoms with Gasteiger partial charge in [-0.2, -0.15) is 0 Å². The van der Waals surface area contributed by atoms with Crippen molar-refractivity contribution in [2.75, 3.05) is 0 Å². The Kier molecular flexibility index (Phi) is 3.69. The summed E-state index contributed by atoms with van der Waals surface area (Å²) >= 11 is 2.18. The molecule has 0 unspecified atom stereocenters. The average Bonchev–Trinajstić information content (AvgIpc) is 2.47. The van der Waals surface area contributed by atoms with Crippen LogP contribution in [0.4, 0.5) is 0 Å². The summed E-state index contributed by atoms with van der Waals surface area (Å²) in [6.07, 6.45) is 0. The second-order valence-corrected chi connectivity index (χ2v) is 5.62. The Labute approximate surface area is 130 Å². The molecule has 0 aliphatic heterocycles. The smallest absolute Gasteiger partial charge is 0.343 e. The Balaban J connectivity index is 1.95. The maximum absolute atomic E-state index is 12.2. The number of carbonyl (C=O) groups is 1. The van der Waals surface area contributed by atoms with Gasteiger partial charge in [0.25, 0.3) is 0 Å². The lowest BCUT2D eigenvalue weighted by atomic mass is 10.1. The zero-order chi connectivity index (χ0) is 13.9. The summed E-state index contributed by atoms with van der Waals surface area (Å²) in [5.41, 5.74) is 0.560. The molecule has 0 saturated carbocycles. The van der Waals surface area contributed by atoms with Gasteiger partial charge in [-0.05, 0) is 52.2 Å². The summed E-state index contributed by atoms with van der Waals surface area (Å²) < 4.78 is 6.54. The SMILES string of the molecule is O=C(Oc1cccc2ccccc12)c1cccc(I)c1. The third-order valence-electron chi connectivity index (χ3n) is 3.01. The van der Waals surface area contributed by atoms with E-state index in [1.165, 1.54) is 0 Å². The second-order valence-electron chi connectivity index (χ2n) is 4.38. The van der Waals surface area contributed by atoms with E-state index in [-0.39, 0.29) is 5.97 Å². The van der Waals surface area contributed by atoms with Crippen molar-refractivity contribution in [2.45, 2.75) is 0 Å². The standard InChI is InChI=1S/C17H11IO2/c18-14-8-3-7-13(11-14)17(19)20-16-10-4-6-12-5-1-2-9-15(12)16/h1-11H. The first-order valence-corrected chi connectivity index (χ1v) is 7.27. The quantitative estimate of drug-likeness (QED) is 0.370. The summed E-state index contributed by atoms with van der Waals surface area (Å²) in [4.78, 5) is 12.2. The topological polar surface area (TPSA) is 26.3 Å². The Hall–Kier alpha value is -1.88. The highest BCUT2D eigenvalue weighted by atomic mass is 127. The van der Waals surface area contributed by atoms with Gasteiger partial charge in [0, 0.05) is 8.96 Å². The highest BCUT2D eigenvalue weighted by molar-refractivity contribution is 14.1. The molecule has 0 saturated heterocycles. The van der Waals surface area contributed by atoms with Gasteiger partial charge in [-0.15, -0.1) is 0 Å². The van der Waals surface area contributed by atoms with E-state index in [0.29, 0.717) is 11.3 Å². The van der Waals surface area contributed by atoms with Crippen LogP contribution in [0.15, 0.2) is 66.7 Å². The molecule has 0 atom stereocenters. The van der Waals surface area contributed by atoms with E-state index in [1.807, 2.05) is 60.7 Å². The van der Waals surface area contributed by atoms with Crippen LogP contribution in [-0.4, -0.2) is 5.97 Å². The normalized spacial score (nSPS) is 10.4. The van der Waals surface area contributed by atoms with Crippen LogP contribution in [0.3, 0.4) is 0 Å². The summed E-state index contributed by atoms with van der Waals surface area (Å²) in [5, 5.41) is 1.99. The Bertz CT molecular complexity index is 775. The van der Waals surface area contributed by atoms with Crippen LogP contribution in [0.25, 0.3) is 10.8 Å². The summed E-state index contributed by atoms with van der Waals surface area (Å²) in [5.74, 6) is 0.256. The predicted molar refractivity (Wildman–Crippen MR) is 88.1 cm³/mol. The highest BCUT2D eigenvalue weighted by Crippen LogP contribution is 2.26. The number of ether oxygens (including phenoxy) is 1. The largest absolute Gasteiger partial charge is 0.422 e. The van der Waals surface area contributed by atoms with Gasteiger partial charge >= 0.3 is 5.97 Å². The first kappa shape index (κ1) is 13.1. The van der Waals surface area contributed by atoms with Crippen molar-refractivity contribution < 1.29 is 9.53 Å². The molecule has 0 aromatic heterocycles.